The first-order chi connectivity index (χ1) is 11.1. The van der Waals surface area contributed by atoms with E-state index in [2.05, 4.69) is 0 Å². The van der Waals surface area contributed by atoms with E-state index < -0.39 is 17.9 Å². The number of benzene rings is 1. The van der Waals surface area contributed by atoms with E-state index in [1.54, 1.807) is 12.2 Å². The van der Waals surface area contributed by atoms with Crippen molar-refractivity contribution in [2.75, 3.05) is 21.3 Å². The molecule has 1 aromatic carbocycles. The van der Waals surface area contributed by atoms with Gasteiger partial charge in [-0.05, 0) is 17.2 Å². The number of esters is 2. The lowest BCUT2D eigenvalue weighted by atomic mass is 9.99. The third kappa shape index (κ3) is 3.51. The average molecular weight is 314 g/mol. The van der Waals surface area contributed by atoms with Crippen LogP contribution in [0.25, 0.3) is 6.08 Å². The molecule has 0 saturated carbocycles. The Labute approximate surface area is 134 Å². The Morgan fingerprint density at radius 2 is 1.70 bits per heavy atom. The van der Waals surface area contributed by atoms with Gasteiger partial charge >= 0.3 is 11.9 Å². The number of methoxy groups -OCH3 is 3. The van der Waals surface area contributed by atoms with E-state index in [9.17, 15) is 9.59 Å². The summed E-state index contributed by atoms with van der Waals surface area (Å²) >= 11 is 0. The number of allylic oxidation sites excluding steroid dienone is 3. The van der Waals surface area contributed by atoms with Gasteiger partial charge in [0.1, 0.15) is 11.7 Å². The second kappa shape index (κ2) is 7.45. The molecule has 0 heterocycles. The number of rotatable bonds is 5. The fourth-order valence-corrected chi connectivity index (χ4v) is 2.39. The molecule has 0 N–H and O–H groups in total. The summed E-state index contributed by atoms with van der Waals surface area (Å²) in [5.41, 5.74) is 1.74. The Hall–Kier alpha value is -2.82. The van der Waals surface area contributed by atoms with Crippen LogP contribution in [0.5, 0.6) is 0 Å². The number of ether oxygens (including phenoxy) is 3. The first-order valence-corrected chi connectivity index (χ1v) is 7.01. The van der Waals surface area contributed by atoms with Crippen molar-refractivity contribution in [2.45, 2.75) is 0 Å². The summed E-state index contributed by atoms with van der Waals surface area (Å²) in [6.45, 7) is 0. The molecule has 0 saturated heterocycles. The molecule has 0 spiro atoms. The topological polar surface area (TPSA) is 61.8 Å². The van der Waals surface area contributed by atoms with Crippen LogP contribution in [0.2, 0.25) is 0 Å². The van der Waals surface area contributed by atoms with Crippen molar-refractivity contribution < 1.29 is 23.8 Å². The van der Waals surface area contributed by atoms with E-state index in [1.807, 2.05) is 36.4 Å². The van der Waals surface area contributed by atoms with Gasteiger partial charge in [0.05, 0.1) is 26.9 Å². The molecule has 2 rings (SSSR count). The van der Waals surface area contributed by atoms with Gasteiger partial charge in [0.2, 0.25) is 0 Å². The Morgan fingerprint density at radius 1 is 1.00 bits per heavy atom. The van der Waals surface area contributed by atoms with Gasteiger partial charge in [0.15, 0.2) is 0 Å². The minimum atomic E-state index is -0.909. The molecular weight excluding hydrogens is 296 g/mol. The van der Waals surface area contributed by atoms with Gasteiger partial charge in [-0.25, -0.2) is 4.79 Å². The minimum absolute atomic E-state index is 0.211. The Morgan fingerprint density at radius 3 is 2.26 bits per heavy atom. The number of carbonyl (C=O) groups excluding carboxylic acids is 2. The Bertz CT molecular complexity index is 683. The summed E-state index contributed by atoms with van der Waals surface area (Å²) in [6.07, 6.45) is 5.25. The molecule has 1 aliphatic carbocycles. The second-order valence-electron chi connectivity index (χ2n) is 4.81. The zero-order valence-corrected chi connectivity index (χ0v) is 13.2. The lowest BCUT2D eigenvalue weighted by Gasteiger charge is -2.14. The predicted molar refractivity (Wildman–Crippen MR) is 85.1 cm³/mol. The van der Waals surface area contributed by atoms with Crippen LogP contribution in [-0.2, 0) is 23.8 Å². The highest BCUT2D eigenvalue weighted by molar-refractivity contribution is 6.00. The fourth-order valence-electron chi connectivity index (χ4n) is 2.39. The van der Waals surface area contributed by atoms with Crippen molar-refractivity contribution in [1.29, 1.82) is 0 Å². The number of hydrogen-bond donors (Lipinski definition) is 0. The standard InChI is InChI=1S/C18H18O5/c1-21-14-11-13(10-9-12-7-5-4-6-8-12)15(17(19)22-2)16(14)18(20)23-3/h4-11,16H,1-3H3/b10-9+. The van der Waals surface area contributed by atoms with Gasteiger partial charge in [-0.2, -0.15) is 0 Å². The van der Waals surface area contributed by atoms with Gasteiger partial charge in [0, 0.05) is 0 Å². The zero-order valence-electron chi connectivity index (χ0n) is 13.2. The highest BCUT2D eigenvalue weighted by atomic mass is 16.5. The molecule has 1 aliphatic rings. The molecule has 1 atom stereocenters. The maximum absolute atomic E-state index is 12.1. The summed E-state index contributed by atoms with van der Waals surface area (Å²) in [5, 5.41) is 0. The molecule has 0 amide bonds. The smallest absolute Gasteiger partial charge is 0.335 e. The molecule has 120 valence electrons. The van der Waals surface area contributed by atoms with Gasteiger partial charge < -0.3 is 14.2 Å². The van der Waals surface area contributed by atoms with E-state index in [0.717, 1.165) is 5.56 Å². The first-order valence-electron chi connectivity index (χ1n) is 7.01. The molecule has 1 unspecified atom stereocenters. The normalized spacial score (nSPS) is 17.2. The first kappa shape index (κ1) is 16.5. The Balaban J connectivity index is 2.45. The summed E-state index contributed by atoms with van der Waals surface area (Å²) in [5.74, 6) is -1.71. The van der Waals surface area contributed by atoms with Crippen molar-refractivity contribution in [3.63, 3.8) is 0 Å². The lowest BCUT2D eigenvalue weighted by molar-refractivity contribution is -0.147. The van der Waals surface area contributed by atoms with Gasteiger partial charge in [-0.15, -0.1) is 0 Å². The van der Waals surface area contributed by atoms with Crippen molar-refractivity contribution in [1.82, 2.24) is 0 Å². The van der Waals surface area contributed by atoms with E-state index in [4.69, 9.17) is 14.2 Å². The van der Waals surface area contributed by atoms with Gasteiger partial charge in [-0.3, -0.25) is 4.79 Å². The van der Waals surface area contributed by atoms with Crippen molar-refractivity contribution in [2.24, 2.45) is 5.92 Å². The molecule has 0 bridgehead atoms. The highest BCUT2D eigenvalue weighted by Crippen LogP contribution is 2.35. The van der Waals surface area contributed by atoms with Crippen LogP contribution in [0.3, 0.4) is 0 Å². The predicted octanol–water partition coefficient (Wildman–Crippen LogP) is 2.50. The molecule has 5 nitrogen and oxygen atoms in total. The Kier molecular flexibility index (Phi) is 5.36. The quantitative estimate of drug-likeness (QED) is 0.782. The van der Waals surface area contributed by atoms with E-state index in [0.29, 0.717) is 11.3 Å². The van der Waals surface area contributed by atoms with Crippen molar-refractivity contribution in [3.8, 4) is 0 Å². The zero-order chi connectivity index (χ0) is 16.8. The van der Waals surface area contributed by atoms with Gasteiger partial charge in [-0.1, -0.05) is 42.5 Å². The summed E-state index contributed by atoms with van der Waals surface area (Å²) in [4.78, 5) is 24.1. The fraction of sp³-hybridized carbons (Fsp3) is 0.222. The van der Waals surface area contributed by atoms with E-state index in [-0.39, 0.29) is 5.57 Å². The van der Waals surface area contributed by atoms with Crippen LogP contribution < -0.4 is 0 Å². The third-order valence-corrected chi connectivity index (χ3v) is 3.51. The van der Waals surface area contributed by atoms with E-state index >= 15 is 0 Å². The van der Waals surface area contributed by atoms with Crippen LogP contribution in [0, 0.1) is 5.92 Å². The van der Waals surface area contributed by atoms with Crippen molar-refractivity contribution >= 4 is 18.0 Å². The lowest BCUT2D eigenvalue weighted by Crippen LogP contribution is -2.24. The molecule has 0 fully saturated rings. The number of carbonyl (C=O) groups is 2. The summed E-state index contributed by atoms with van der Waals surface area (Å²) in [6, 6.07) is 9.61. The summed E-state index contributed by atoms with van der Waals surface area (Å²) in [7, 11) is 3.98. The molecule has 0 aromatic heterocycles. The van der Waals surface area contributed by atoms with E-state index in [1.165, 1.54) is 21.3 Å². The maximum atomic E-state index is 12.1. The largest absolute Gasteiger partial charge is 0.500 e. The molecule has 0 aliphatic heterocycles. The minimum Gasteiger partial charge on any atom is -0.500 e. The molecule has 1 aromatic rings. The molecular formula is C18H18O5. The summed E-state index contributed by atoms with van der Waals surface area (Å²) < 4.78 is 14.8. The molecule has 0 radical (unpaired) electrons. The van der Waals surface area contributed by atoms with Crippen LogP contribution in [0.1, 0.15) is 5.56 Å². The second-order valence-corrected chi connectivity index (χ2v) is 4.81. The van der Waals surface area contributed by atoms with Gasteiger partial charge in [0.25, 0.3) is 0 Å². The maximum Gasteiger partial charge on any atom is 0.335 e. The highest BCUT2D eigenvalue weighted by Gasteiger charge is 2.39. The van der Waals surface area contributed by atoms with Crippen LogP contribution in [0.15, 0.2) is 59.4 Å². The van der Waals surface area contributed by atoms with Crippen LogP contribution in [0.4, 0.5) is 0 Å². The van der Waals surface area contributed by atoms with Crippen molar-refractivity contribution in [3.05, 3.63) is 65.0 Å². The average Bonchev–Trinajstić information content (AvgIpc) is 2.98. The number of hydrogen-bond acceptors (Lipinski definition) is 5. The third-order valence-electron chi connectivity index (χ3n) is 3.51. The molecule has 23 heavy (non-hydrogen) atoms. The SMILES string of the molecule is COC(=O)C1=C(/C=C/c2ccccc2)C=C(OC)C1C(=O)OC. The molecule has 5 heteroatoms. The monoisotopic (exact) mass is 314 g/mol. The van der Waals surface area contributed by atoms with Crippen LogP contribution >= 0.6 is 0 Å². The van der Waals surface area contributed by atoms with Crippen LogP contribution in [-0.4, -0.2) is 33.3 Å².